The van der Waals surface area contributed by atoms with Crippen molar-refractivity contribution in [3.8, 4) is 0 Å². The van der Waals surface area contributed by atoms with Crippen LogP contribution in [-0.2, 0) is 28.6 Å². The van der Waals surface area contributed by atoms with Gasteiger partial charge in [0.1, 0.15) is 13.2 Å². The van der Waals surface area contributed by atoms with Crippen LogP contribution < -0.4 is 0 Å². The van der Waals surface area contributed by atoms with Gasteiger partial charge in [-0.1, -0.05) is 266 Å². The highest BCUT2D eigenvalue weighted by Gasteiger charge is 2.19. The van der Waals surface area contributed by atoms with Gasteiger partial charge in [-0.3, -0.25) is 14.4 Å². The minimum absolute atomic E-state index is 0.0641. The van der Waals surface area contributed by atoms with E-state index in [1.807, 2.05) is 0 Å². The van der Waals surface area contributed by atoms with Gasteiger partial charge in [-0.05, 0) is 37.0 Å². The third-order valence-corrected chi connectivity index (χ3v) is 13.0. The Morgan fingerprint density at radius 3 is 0.839 bits per heavy atom. The van der Waals surface area contributed by atoms with E-state index in [4.69, 9.17) is 14.2 Å². The van der Waals surface area contributed by atoms with Crippen LogP contribution >= 0.6 is 0 Å². The SMILES string of the molecule is CCC(C)CCCCCCCCCCCCC(=O)OC[C@@H](COC(=O)CCCCCCCCCCCCCCCC(C)C)OC(=O)CCCCCCCCCCCCCC(C)C. The summed E-state index contributed by atoms with van der Waals surface area (Å²) in [6, 6.07) is 0. The predicted octanol–water partition coefficient (Wildman–Crippen LogP) is 17.9. The van der Waals surface area contributed by atoms with Gasteiger partial charge in [0.15, 0.2) is 6.10 Å². The summed E-state index contributed by atoms with van der Waals surface area (Å²) < 4.78 is 16.9. The summed E-state index contributed by atoms with van der Waals surface area (Å²) in [4.78, 5) is 38.1. The highest BCUT2D eigenvalue weighted by molar-refractivity contribution is 5.71. The topological polar surface area (TPSA) is 78.9 Å². The van der Waals surface area contributed by atoms with Gasteiger partial charge in [0.2, 0.25) is 0 Å². The van der Waals surface area contributed by atoms with Gasteiger partial charge in [0, 0.05) is 19.3 Å². The first-order valence-corrected chi connectivity index (χ1v) is 27.6. The molecule has 0 radical (unpaired) electrons. The fourth-order valence-corrected chi connectivity index (χ4v) is 8.44. The van der Waals surface area contributed by atoms with Gasteiger partial charge in [0.25, 0.3) is 0 Å². The molecule has 0 bridgehead atoms. The molecule has 0 N–H and O–H groups in total. The summed E-state index contributed by atoms with van der Waals surface area (Å²) in [7, 11) is 0. The lowest BCUT2D eigenvalue weighted by Gasteiger charge is -2.18. The fourth-order valence-electron chi connectivity index (χ4n) is 8.44. The maximum Gasteiger partial charge on any atom is 0.306 e. The molecule has 0 amide bonds. The zero-order valence-electron chi connectivity index (χ0n) is 42.7. The van der Waals surface area contributed by atoms with Crippen molar-refractivity contribution in [1.82, 2.24) is 0 Å². The van der Waals surface area contributed by atoms with Crippen molar-refractivity contribution in [2.45, 2.75) is 311 Å². The Kier molecular flexibility index (Phi) is 46.2. The van der Waals surface area contributed by atoms with E-state index in [1.165, 1.54) is 186 Å². The number of carbonyl (C=O) groups is 3. The Morgan fingerprint density at radius 2 is 0.565 bits per heavy atom. The molecule has 0 aromatic carbocycles. The molecular formula is C56H108O6. The molecule has 6 heteroatoms. The number of ether oxygens (including phenoxy) is 3. The molecule has 0 rings (SSSR count). The Balaban J connectivity index is 4.32. The molecule has 0 spiro atoms. The third kappa shape index (κ3) is 47.9. The number of esters is 3. The van der Waals surface area contributed by atoms with Crippen LogP contribution in [0, 0.1) is 17.8 Å². The second-order valence-corrected chi connectivity index (χ2v) is 20.4. The number of unbranched alkanes of at least 4 members (excludes halogenated alkanes) is 31. The van der Waals surface area contributed by atoms with Crippen molar-refractivity contribution in [2.24, 2.45) is 17.8 Å². The first-order valence-electron chi connectivity index (χ1n) is 27.6. The smallest absolute Gasteiger partial charge is 0.306 e. The highest BCUT2D eigenvalue weighted by Crippen LogP contribution is 2.18. The largest absolute Gasteiger partial charge is 0.462 e. The van der Waals surface area contributed by atoms with Gasteiger partial charge >= 0.3 is 17.9 Å². The number of carbonyl (C=O) groups excluding carboxylic acids is 3. The van der Waals surface area contributed by atoms with E-state index in [0.717, 1.165) is 75.5 Å². The molecule has 0 saturated carbocycles. The summed E-state index contributed by atoms with van der Waals surface area (Å²) in [6.45, 7) is 13.8. The maximum absolute atomic E-state index is 12.8. The molecule has 62 heavy (non-hydrogen) atoms. The van der Waals surface area contributed by atoms with Crippen LogP contribution in [0.5, 0.6) is 0 Å². The van der Waals surface area contributed by atoms with E-state index in [1.54, 1.807) is 0 Å². The van der Waals surface area contributed by atoms with E-state index in [2.05, 4.69) is 41.5 Å². The lowest BCUT2D eigenvalue weighted by atomic mass is 9.99. The van der Waals surface area contributed by atoms with Crippen molar-refractivity contribution in [3.63, 3.8) is 0 Å². The quantitative estimate of drug-likeness (QED) is 0.0344. The third-order valence-electron chi connectivity index (χ3n) is 13.0. The van der Waals surface area contributed by atoms with Crippen LogP contribution in [0.2, 0.25) is 0 Å². The summed E-state index contributed by atoms with van der Waals surface area (Å²) in [5.74, 6) is 1.69. The van der Waals surface area contributed by atoms with Crippen molar-refractivity contribution in [3.05, 3.63) is 0 Å². The van der Waals surface area contributed by atoms with E-state index in [0.29, 0.717) is 19.3 Å². The zero-order chi connectivity index (χ0) is 45.6. The van der Waals surface area contributed by atoms with Crippen LogP contribution in [0.1, 0.15) is 305 Å². The minimum Gasteiger partial charge on any atom is -0.462 e. The lowest BCUT2D eigenvalue weighted by Crippen LogP contribution is -2.30. The maximum atomic E-state index is 12.8. The van der Waals surface area contributed by atoms with Crippen LogP contribution in [0.3, 0.4) is 0 Å². The molecule has 2 atom stereocenters. The average molecular weight is 877 g/mol. The highest BCUT2D eigenvalue weighted by atomic mass is 16.6. The standard InChI is InChI=1S/C56H108O6/c1-7-52(6)44-38-32-26-20-16-17-22-28-34-40-46-55(58)61-49-53(62-56(59)47-41-35-29-23-15-11-13-19-25-31-37-43-51(4)5)48-60-54(57)45-39-33-27-21-14-10-8-9-12-18-24-30-36-42-50(2)3/h50-53H,7-49H2,1-6H3/t52?,53-/m1/s1. The van der Waals surface area contributed by atoms with Crippen molar-refractivity contribution in [2.75, 3.05) is 13.2 Å². The Hall–Kier alpha value is -1.59. The first-order chi connectivity index (χ1) is 30.1. The average Bonchev–Trinajstić information content (AvgIpc) is 3.24. The second-order valence-electron chi connectivity index (χ2n) is 20.4. The molecule has 1 unspecified atom stereocenters. The monoisotopic (exact) mass is 877 g/mol. The summed E-state index contributed by atoms with van der Waals surface area (Å²) in [5, 5.41) is 0. The second kappa shape index (κ2) is 47.4. The normalized spacial score (nSPS) is 12.6. The van der Waals surface area contributed by atoms with Crippen molar-refractivity contribution < 1.29 is 28.6 Å². The molecule has 0 aromatic heterocycles. The van der Waals surface area contributed by atoms with Crippen molar-refractivity contribution in [1.29, 1.82) is 0 Å². The van der Waals surface area contributed by atoms with E-state index in [-0.39, 0.29) is 31.1 Å². The van der Waals surface area contributed by atoms with E-state index in [9.17, 15) is 14.4 Å². The molecular weight excluding hydrogens is 769 g/mol. The van der Waals surface area contributed by atoms with Gasteiger partial charge in [-0.15, -0.1) is 0 Å². The van der Waals surface area contributed by atoms with E-state index < -0.39 is 6.10 Å². The molecule has 0 fully saturated rings. The predicted molar refractivity (Wildman–Crippen MR) is 266 cm³/mol. The van der Waals surface area contributed by atoms with Gasteiger partial charge in [0.05, 0.1) is 0 Å². The van der Waals surface area contributed by atoms with Crippen LogP contribution in [0.25, 0.3) is 0 Å². The number of hydrogen-bond acceptors (Lipinski definition) is 6. The number of rotatable bonds is 49. The molecule has 6 nitrogen and oxygen atoms in total. The number of hydrogen-bond donors (Lipinski definition) is 0. The van der Waals surface area contributed by atoms with E-state index >= 15 is 0 Å². The summed E-state index contributed by atoms with van der Waals surface area (Å²) in [5.41, 5.74) is 0. The Labute approximate surface area is 387 Å². The van der Waals surface area contributed by atoms with Gasteiger partial charge in [-0.25, -0.2) is 0 Å². The Morgan fingerprint density at radius 1 is 0.323 bits per heavy atom. The minimum atomic E-state index is -0.763. The summed E-state index contributed by atoms with van der Waals surface area (Å²) in [6.07, 6.45) is 48.0. The van der Waals surface area contributed by atoms with Gasteiger partial charge < -0.3 is 14.2 Å². The zero-order valence-corrected chi connectivity index (χ0v) is 42.7. The first kappa shape index (κ1) is 60.4. The van der Waals surface area contributed by atoms with Crippen LogP contribution in [0.15, 0.2) is 0 Å². The summed E-state index contributed by atoms with van der Waals surface area (Å²) >= 11 is 0. The molecule has 0 saturated heterocycles. The van der Waals surface area contributed by atoms with Crippen LogP contribution in [0.4, 0.5) is 0 Å². The molecule has 0 aliphatic carbocycles. The molecule has 0 heterocycles. The lowest BCUT2D eigenvalue weighted by molar-refractivity contribution is -0.167. The van der Waals surface area contributed by atoms with Gasteiger partial charge in [-0.2, -0.15) is 0 Å². The molecule has 0 aliphatic heterocycles. The Bertz CT molecular complexity index is 962. The van der Waals surface area contributed by atoms with Crippen LogP contribution in [-0.4, -0.2) is 37.2 Å². The fraction of sp³-hybridized carbons (Fsp3) is 0.946. The van der Waals surface area contributed by atoms with Crippen molar-refractivity contribution >= 4 is 17.9 Å². The molecule has 0 aliphatic rings. The molecule has 0 aromatic rings. The molecule has 368 valence electrons.